The Hall–Kier alpha value is -4.10. The normalized spacial score (nSPS) is 23.9. The second-order valence-electron chi connectivity index (χ2n) is 9.33. The Balaban J connectivity index is 1.50. The van der Waals surface area contributed by atoms with E-state index in [1.165, 1.54) is 0 Å². The average Bonchev–Trinajstić information content (AvgIpc) is 3.45. The summed E-state index contributed by atoms with van der Waals surface area (Å²) in [6, 6.07) is 20.4. The Morgan fingerprint density at radius 3 is 2.03 bits per heavy atom. The van der Waals surface area contributed by atoms with Gasteiger partial charge in [-0.3, -0.25) is 19.2 Å². The molecule has 2 fully saturated rings. The van der Waals surface area contributed by atoms with Crippen LogP contribution >= 0.6 is 0 Å². The molecule has 7 nitrogen and oxygen atoms in total. The maximum absolute atomic E-state index is 13.9. The van der Waals surface area contributed by atoms with Gasteiger partial charge in [-0.25, -0.2) is 4.90 Å². The lowest BCUT2D eigenvalue weighted by Crippen LogP contribution is -2.51. The molecular formula is C29H23NO6. The number of nitrogens with zero attached hydrogens (tertiary/aromatic N) is 1. The second-order valence-corrected chi connectivity index (χ2v) is 9.33. The molecule has 0 saturated carbocycles. The fourth-order valence-electron chi connectivity index (χ4n) is 5.69. The van der Waals surface area contributed by atoms with E-state index in [4.69, 9.17) is 9.47 Å². The SMILES string of the molecule is CCOc1ccc([C@H]2OC3(C(=O)c4ccccc4C3=O)[C@H]3C(=O)N(c4ccc(C)cc4)C(=O)[C@@H]23)cc1. The van der Waals surface area contributed by atoms with Crippen molar-refractivity contribution in [2.24, 2.45) is 11.8 Å². The van der Waals surface area contributed by atoms with Gasteiger partial charge in [-0.2, -0.15) is 0 Å². The Labute approximate surface area is 207 Å². The van der Waals surface area contributed by atoms with Gasteiger partial charge in [0.05, 0.1) is 30.2 Å². The molecule has 3 aromatic carbocycles. The first kappa shape index (κ1) is 22.4. The fourth-order valence-corrected chi connectivity index (χ4v) is 5.69. The number of benzene rings is 3. The van der Waals surface area contributed by atoms with Crippen molar-refractivity contribution in [3.05, 3.63) is 95.1 Å². The highest BCUT2D eigenvalue weighted by molar-refractivity contribution is 6.37. The van der Waals surface area contributed by atoms with Crippen molar-refractivity contribution < 1.29 is 28.7 Å². The maximum atomic E-state index is 13.9. The van der Waals surface area contributed by atoms with Crippen molar-refractivity contribution in [3.8, 4) is 5.75 Å². The zero-order chi connectivity index (χ0) is 25.2. The number of rotatable bonds is 4. The molecule has 3 atom stereocenters. The third-order valence-corrected chi connectivity index (χ3v) is 7.33. The van der Waals surface area contributed by atoms with E-state index < -0.39 is 46.9 Å². The van der Waals surface area contributed by atoms with Gasteiger partial charge in [0.1, 0.15) is 5.75 Å². The molecule has 0 unspecified atom stereocenters. The smallest absolute Gasteiger partial charge is 0.241 e. The Kier molecular flexibility index (Phi) is 4.95. The third-order valence-electron chi connectivity index (χ3n) is 7.33. The molecule has 1 aliphatic carbocycles. The predicted octanol–water partition coefficient (Wildman–Crippen LogP) is 4.09. The number of hydrogen-bond donors (Lipinski definition) is 0. The zero-order valence-electron chi connectivity index (χ0n) is 19.8. The van der Waals surface area contributed by atoms with E-state index in [2.05, 4.69) is 0 Å². The number of fused-ring (bicyclic) bond motifs is 3. The summed E-state index contributed by atoms with van der Waals surface area (Å²) >= 11 is 0. The van der Waals surface area contributed by atoms with Gasteiger partial charge in [-0.05, 0) is 43.7 Å². The molecule has 0 bridgehead atoms. The summed E-state index contributed by atoms with van der Waals surface area (Å²) in [7, 11) is 0. The lowest BCUT2D eigenvalue weighted by molar-refractivity contribution is -0.127. The van der Waals surface area contributed by atoms with Crippen molar-refractivity contribution >= 4 is 29.1 Å². The van der Waals surface area contributed by atoms with Crippen molar-refractivity contribution in [2.75, 3.05) is 11.5 Å². The standard InChI is InChI=1S/C29H23NO6/c1-3-35-19-14-10-17(11-15-19)24-22-23(28(34)30(27(22)33)18-12-8-16(2)9-13-18)29(36-24)25(31)20-6-4-5-7-21(20)26(29)32/h4-15,22-24H,3H2,1-2H3/t22-,23-,24-/m1/s1. The number of carbonyl (C=O) groups excluding carboxylic acids is 4. The van der Waals surface area contributed by atoms with Crippen LogP contribution in [0.3, 0.4) is 0 Å². The van der Waals surface area contributed by atoms with Gasteiger partial charge in [-0.1, -0.05) is 54.1 Å². The Morgan fingerprint density at radius 1 is 0.833 bits per heavy atom. The van der Waals surface area contributed by atoms with Crippen LogP contribution in [0.25, 0.3) is 0 Å². The van der Waals surface area contributed by atoms with Crippen LogP contribution in [0.15, 0.2) is 72.8 Å². The zero-order valence-corrected chi connectivity index (χ0v) is 19.8. The van der Waals surface area contributed by atoms with Crippen LogP contribution in [0.5, 0.6) is 5.75 Å². The summed E-state index contributed by atoms with van der Waals surface area (Å²) in [5.74, 6) is -3.88. The number of aryl methyl sites for hydroxylation is 1. The van der Waals surface area contributed by atoms with Gasteiger partial charge in [0.25, 0.3) is 0 Å². The largest absolute Gasteiger partial charge is 0.494 e. The number of imide groups is 1. The van der Waals surface area contributed by atoms with E-state index in [0.717, 1.165) is 10.5 Å². The van der Waals surface area contributed by atoms with Crippen LogP contribution in [-0.4, -0.2) is 35.6 Å². The van der Waals surface area contributed by atoms with Crippen molar-refractivity contribution in [2.45, 2.75) is 25.6 Å². The number of anilines is 1. The molecule has 6 rings (SSSR count). The number of hydrogen-bond acceptors (Lipinski definition) is 6. The molecule has 0 N–H and O–H groups in total. The van der Waals surface area contributed by atoms with E-state index in [1.807, 2.05) is 26.0 Å². The quantitative estimate of drug-likeness (QED) is 0.412. The summed E-state index contributed by atoms with van der Waals surface area (Å²) in [4.78, 5) is 56.4. The fraction of sp³-hybridized carbons (Fsp3) is 0.241. The highest BCUT2D eigenvalue weighted by Gasteiger charge is 2.74. The molecule has 2 saturated heterocycles. The second kappa shape index (κ2) is 7.96. The molecule has 2 amide bonds. The van der Waals surface area contributed by atoms with Gasteiger partial charge in [0.15, 0.2) is 0 Å². The van der Waals surface area contributed by atoms with E-state index in [9.17, 15) is 19.2 Å². The number of ether oxygens (including phenoxy) is 2. The summed E-state index contributed by atoms with van der Waals surface area (Å²) in [6.45, 7) is 4.27. The highest BCUT2D eigenvalue weighted by Crippen LogP contribution is 2.57. The molecule has 3 aromatic rings. The van der Waals surface area contributed by atoms with Gasteiger partial charge in [0, 0.05) is 11.1 Å². The molecule has 3 aliphatic rings. The first-order chi connectivity index (χ1) is 17.4. The minimum absolute atomic E-state index is 0.211. The molecule has 0 aromatic heterocycles. The van der Waals surface area contributed by atoms with E-state index >= 15 is 0 Å². The summed E-state index contributed by atoms with van der Waals surface area (Å²) < 4.78 is 11.8. The molecule has 2 heterocycles. The van der Waals surface area contributed by atoms with Gasteiger partial charge in [-0.15, -0.1) is 0 Å². The van der Waals surface area contributed by atoms with Gasteiger partial charge < -0.3 is 9.47 Å². The summed E-state index contributed by atoms with van der Waals surface area (Å²) in [6.07, 6.45) is -0.959. The number of amides is 2. The number of carbonyl (C=O) groups is 4. The van der Waals surface area contributed by atoms with Crippen LogP contribution in [0.1, 0.15) is 44.9 Å². The van der Waals surface area contributed by atoms with E-state index in [-0.39, 0.29) is 11.1 Å². The van der Waals surface area contributed by atoms with Crippen LogP contribution < -0.4 is 9.64 Å². The van der Waals surface area contributed by atoms with Crippen LogP contribution in [0.2, 0.25) is 0 Å². The lowest BCUT2D eigenvalue weighted by atomic mass is 9.77. The molecule has 36 heavy (non-hydrogen) atoms. The van der Waals surface area contributed by atoms with Crippen molar-refractivity contribution in [1.82, 2.24) is 0 Å². The van der Waals surface area contributed by atoms with Crippen LogP contribution in [0.4, 0.5) is 5.69 Å². The van der Waals surface area contributed by atoms with E-state index in [1.54, 1.807) is 60.7 Å². The highest BCUT2D eigenvalue weighted by atomic mass is 16.5. The predicted molar refractivity (Wildman–Crippen MR) is 130 cm³/mol. The first-order valence-corrected chi connectivity index (χ1v) is 11.9. The minimum atomic E-state index is -2.08. The third kappa shape index (κ3) is 2.89. The minimum Gasteiger partial charge on any atom is -0.494 e. The summed E-state index contributed by atoms with van der Waals surface area (Å²) in [5, 5.41) is 0. The Bertz CT molecular complexity index is 1390. The molecule has 2 aliphatic heterocycles. The van der Waals surface area contributed by atoms with Crippen LogP contribution in [0, 0.1) is 18.8 Å². The van der Waals surface area contributed by atoms with Crippen LogP contribution in [-0.2, 0) is 14.3 Å². The van der Waals surface area contributed by atoms with E-state index in [0.29, 0.717) is 23.6 Å². The molecular weight excluding hydrogens is 458 g/mol. The lowest BCUT2D eigenvalue weighted by Gasteiger charge is -2.27. The monoisotopic (exact) mass is 481 g/mol. The first-order valence-electron chi connectivity index (χ1n) is 11.9. The maximum Gasteiger partial charge on any atom is 0.241 e. The number of Topliss-reactive ketones (excluding diaryl/α,β-unsaturated/α-hetero) is 2. The van der Waals surface area contributed by atoms with Gasteiger partial charge in [0.2, 0.25) is 29.0 Å². The molecule has 180 valence electrons. The number of ketones is 2. The molecule has 1 spiro atoms. The van der Waals surface area contributed by atoms with Crippen molar-refractivity contribution in [1.29, 1.82) is 0 Å². The molecule has 7 heteroatoms. The van der Waals surface area contributed by atoms with Crippen molar-refractivity contribution in [3.63, 3.8) is 0 Å². The summed E-state index contributed by atoms with van der Waals surface area (Å²) in [5.41, 5.74) is 0.311. The average molecular weight is 482 g/mol. The topological polar surface area (TPSA) is 90.0 Å². The van der Waals surface area contributed by atoms with Gasteiger partial charge >= 0.3 is 0 Å². The Morgan fingerprint density at radius 2 is 1.44 bits per heavy atom. The molecule has 0 radical (unpaired) electrons.